The SMILES string of the molecule is Clc1ccc2c(n1)N[C@H]1CCCN2C1.FC(F)(F)C1CCCN(c2ccc3c(n2)N[C@H]2CCCN3C2)C1. The van der Waals surface area contributed by atoms with E-state index in [4.69, 9.17) is 11.6 Å². The summed E-state index contributed by atoms with van der Waals surface area (Å²) in [4.78, 5) is 15.4. The summed E-state index contributed by atoms with van der Waals surface area (Å²) in [6, 6.07) is 8.75. The highest BCUT2D eigenvalue weighted by atomic mass is 35.5. The molecule has 7 rings (SSSR count). The molecule has 3 atom stereocenters. The lowest BCUT2D eigenvalue weighted by molar-refractivity contribution is -0.176. The van der Waals surface area contributed by atoms with Crippen molar-refractivity contribution in [3.63, 3.8) is 0 Å². The Kier molecular flexibility index (Phi) is 6.63. The number of anilines is 5. The summed E-state index contributed by atoms with van der Waals surface area (Å²) in [5, 5.41) is 7.45. The monoisotopic (exact) mass is 535 g/mol. The summed E-state index contributed by atoms with van der Waals surface area (Å²) < 4.78 is 39.0. The highest BCUT2D eigenvalue weighted by molar-refractivity contribution is 6.29. The lowest BCUT2D eigenvalue weighted by Crippen LogP contribution is -2.46. The normalized spacial score (nSPS) is 26.2. The number of rotatable bonds is 1. The van der Waals surface area contributed by atoms with Gasteiger partial charge in [0, 0.05) is 51.4 Å². The number of nitrogens with zero attached hydrogens (tertiary/aromatic N) is 5. The van der Waals surface area contributed by atoms with Crippen LogP contribution in [0, 0.1) is 5.92 Å². The van der Waals surface area contributed by atoms with Gasteiger partial charge in [-0.1, -0.05) is 11.6 Å². The van der Waals surface area contributed by atoms with Crippen molar-refractivity contribution >= 4 is 40.4 Å². The second-order valence-corrected chi connectivity index (χ2v) is 11.1. The minimum absolute atomic E-state index is 0.0163. The first-order chi connectivity index (χ1) is 17.8. The topological polar surface area (TPSA) is 59.6 Å². The van der Waals surface area contributed by atoms with Gasteiger partial charge >= 0.3 is 6.18 Å². The number of nitrogens with one attached hydrogen (secondary N) is 2. The minimum atomic E-state index is -4.12. The maximum Gasteiger partial charge on any atom is 0.393 e. The molecule has 5 aliphatic heterocycles. The summed E-state index contributed by atoms with van der Waals surface area (Å²) in [5.41, 5.74) is 2.28. The van der Waals surface area contributed by atoms with Gasteiger partial charge in [0.05, 0.1) is 17.3 Å². The predicted molar refractivity (Wildman–Crippen MR) is 142 cm³/mol. The molecule has 0 amide bonds. The van der Waals surface area contributed by atoms with Gasteiger partial charge < -0.3 is 25.3 Å². The Hall–Kier alpha value is -2.62. The summed E-state index contributed by atoms with van der Waals surface area (Å²) in [6.45, 7) is 4.94. The summed E-state index contributed by atoms with van der Waals surface area (Å²) in [5.74, 6) is 1.19. The van der Waals surface area contributed by atoms with Gasteiger partial charge in [0.25, 0.3) is 0 Å². The molecule has 2 aromatic rings. The van der Waals surface area contributed by atoms with E-state index in [0.717, 1.165) is 56.3 Å². The fourth-order valence-corrected chi connectivity index (χ4v) is 6.38. The zero-order valence-corrected chi connectivity index (χ0v) is 21.5. The number of fused-ring (bicyclic) bond motifs is 8. The molecule has 0 saturated carbocycles. The summed E-state index contributed by atoms with van der Waals surface area (Å²) >= 11 is 5.86. The van der Waals surface area contributed by atoms with Crippen LogP contribution in [0.3, 0.4) is 0 Å². The zero-order chi connectivity index (χ0) is 25.6. The van der Waals surface area contributed by atoms with Gasteiger partial charge in [-0.25, -0.2) is 9.97 Å². The molecule has 0 aliphatic carbocycles. The molecule has 3 fully saturated rings. The molecule has 3 saturated heterocycles. The molecule has 11 heteroatoms. The fraction of sp³-hybridized carbons (Fsp3) is 0.615. The molecular weight excluding hydrogens is 503 g/mol. The maximum absolute atomic E-state index is 13.0. The Labute approximate surface area is 220 Å². The van der Waals surface area contributed by atoms with Crippen molar-refractivity contribution < 1.29 is 13.2 Å². The molecule has 0 spiro atoms. The quantitative estimate of drug-likeness (QED) is 0.475. The Bertz CT molecular complexity index is 1130. The van der Waals surface area contributed by atoms with Crippen molar-refractivity contribution in [1.29, 1.82) is 0 Å². The predicted octanol–water partition coefficient (Wildman–Crippen LogP) is 5.38. The average molecular weight is 536 g/mol. The number of aromatic nitrogens is 2. The Morgan fingerprint density at radius 1 is 0.730 bits per heavy atom. The van der Waals surface area contributed by atoms with Gasteiger partial charge in [-0.2, -0.15) is 13.2 Å². The van der Waals surface area contributed by atoms with Gasteiger partial charge in [-0.3, -0.25) is 0 Å². The van der Waals surface area contributed by atoms with Crippen LogP contribution >= 0.6 is 11.6 Å². The van der Waals surface area contributed by atoms with E-state index in [1.165, 1.54) is 18.5 Å². The minimum Gasteiger partial charge on any atom is -0.366 e. The number of hydrogen-bond donors (Lipinski definition) is 2. The third-order valence-corrected chi connectivity index (χ3v) is 8.32. The van der Waals surface area contributed by atoms with E-state index < -0.39 is 12.1 Å². The first-order valence-corrected chi connectivity index (χ1v) is 13.7. The van der Waals surface area contributed by atoms with Crippen LogP contribution in [0.2, 0.25) is 5.15 Å². The van der Waals surface area contributed by atoms with E-state index in [9.17, 15) is 13.2 Å². The van der Waals surface area contributed by atoms with Crippen LogP contribution < -0.4 is 25.3 Å². The lowest BCUT2D eigenvalue weighted by Gasteiger charge is -2.41. The maximum atomic E-state index is 13.0. The van der Waals surface area contributed by atoms with E-state index in [1.54, 1.807) is 4.90 Å². The van der Waals surface area contributed by atoms with E-state index in [0.29, 0.717) is 36.0 Å². The first kappa shape index (κ1) is 24.7. The standard InChI is InChI=1S/C16H21F3N4.C10H12ClN3/c17-16(18,19)11-3-1-8-23(9-11)14-6-5-13-15(21-14)20-12-4-2-7-22(13)10-12;11-9-4-3-8-10(13-9)12-7-2-1-5-14(8)6-7/h5-6,11-12H,1-4,7-10H2,(H,20,21);3-4,7H,1-2,5-6H2,(H,12,13)/t11?,12-;7-/m00/s1. The van der Waals surface area contributed by atoms with E-state index in [2.05, 4.69) is 36.5 Å². The second kappa shape index (κ2) is 9.93. The smallest absolute Gasteiger partial charge is 0.366 e. The fourth-order valence-electron chi connectivity index (χ4n) is 6.24. The molecule has 5 aliphatic rings. The molecular formula is C26H33ClF3N7. The van der Waals surface area contributed by atoms with Crippen molar-refractivity contribution in [3.05, 3.63) is 29.4 Å². The van der Waals surface area contributed by atoms with Crippen LogP contribution in [0.25, 0.3) is 0 Å². The third kappa shape index (κ3) is 5.22. The molecule has 7 heterocycles. The number of alkyl halides is 3. The molecule has 200 valence electrons. The number of piperidine rings is 3. The largest absolute Gasteiger partial charge is 0.393 e. The van der Waals surface area contributed by atoms with E-state index in [-0.39, 0.29) is 13.0 Å². The number of halogens is 4. The summed E-state index contributed by atoms with van der Waals surface area (Å²) in [6.07, 6.45) is 1.46. The number of hydrogen-bond acceptors (Lipinski definition) is 7. The van der Waals surface area contributed by atoms with Crippen molar-refractivity contribution in [3.8, 4) is 0 Å². The van der Waals surface area contributed by atoms with Gasteiger partial charge in [0.15, 0.2) is 11.6 Å². The molecule has 2 N–H and O–H groups in total. The van der Waals surface area contributed by atoms with Gasteiger partial charge in [-0.15, -0.1) is 0 Å². The van der Waals surface area contributed by atoms with Crippen molar-refractivity contribution in [2.24, 2.45) is 5.92 Å². The molecule has 7 nitrogen and oxygen atoms in total. The van der Waals surface area contributed by atoms with Gasteiger partial charge in [0.2, 0.25) is 0 Å². The van der Waals surface area contributed by atoms with Crippen LogP contribution in [0.15, 0.2) is 24.3 Å². The van der Waals surface area contributed by atoms with Crippen molar-refractivity contribution in [1.82, 2.24) is 9.97 Å². The zero-order valence-electron chi connectivity index (χ0n) is 20.8. The van der Waals surface area contributed by atoms with E-state index >= 15 is 0 Å². The van der Waals surface area contributed by atoms with Crippen LogP contribution in [-0.4, -0.2) is 67.5 Å². The van der Waals surface area contributed by atoms with Crippen molar-refractivity contribution in [2.75, 3.05) is 64.6 Å². The first-order valence-electron chi connectivity index (χ1n) is 13.4. The second-order valence-electron chi connectivity index (χ2n) is 10.7. The van der Waals surface area contributed by atoms with Crippen LogP contribution in [0.1, 0.15) is 38.5 Å². The third-order valence-electron chi connectivity index (χ3n) is 8.11. The molecule has 4 bridgehead atoms. The molecule has 37 heavy (non-hydrogen) atoms. The van der Waals surface area contributed by atoms with Crippen LogP contribution in [0.4, 0.5) is 42.0 Å². The Morgan fingerprint density at radius 3 is 1.95 bits per heavy atom. The molecule has 0 aromatic carbocycles. The van der Waals surface area contributed by atoms with Crippen LogP contribution in [0.5, 0.6) is 0 Å². The summed E-state index contributed by atoms with van der Waals surface area (Å²) in [7, 11) is 0. The van der Waals surface area contributed by atoms with Gasteiger partial charge in [-0.05, 0) is 62.8 Å². The molecule has 1 unspecified atom stereocenters. The van der Waals surface area contributed by atoms with E-state index in [1.807, 2.05) is 18.2 Å². The Morgan fingerprint density at radius 2 is 1.30 bits per heavy atom. The highest BCUT2D eigenvalue weighted by Crippen LogP contribution is 2.38. The van der Waals surface area contributed by atoms with Gasteiger partial charge in [0.1, 0.15) is 11.0 Å². The Balaban J connectivity index is 0.000000153. The van der Waals surface area contributed by atoms with Crippen molar-refractivity contribution in [2.45, 2.75) is 56.8 Å². The average Bonchev–Trinajstić information content (AvgIpc) is 2.88. The lowest BCUT2D eigenvalue weighted by atomic mass is 9.97. The molecule has 2 aromatic heterocycles. The number of pyridine rings is 2. The molecule has 0 radical (unpaired) electrons. The highest BCUT2D eigenvalue weighted by Gasteiger charge is 2.42. The van der Waals surface area contributed by atoms with Crippen LogP contribution in [-0.2, 0) is 0 Å².